The Bertz CT molecular complexity index is 454. The molecule has 4 N–H and O–H groups in total. The molecule has 2 rings (SSSR count). The monoisotopic (exact) mass is 291 g/mol. The molecule has 0 bridgehead atoms. The van der Waals surface area contributed by atoms with Gasteiger partial charge in [-0.25, -0.2) is 4.98 Å². The second-order valence-corrected chi connectivity index (χ2v) is 5.43. The van der Waals surface area contributed by atoms with Gasteiger partial charge in [0.15, 0.2) is 0 Å². The Morgan fingerprint density at radius 3 is 2.52 bits per heavy atom. The van der Waals surface area contributed by atoms with E-state index in [9.17, 15) is 4.79 Å². The number of nitrogens with zero attached hydrogens (tertiary/aromatic N) is 3. The number of carbonyl (C=O) groups excluding carboxylic acids is 1. The Morgan fingerprint density at radius 2 is 2.05 bits per heavy atom. The van der Waals surface area contributed by atoms with Gasteiger partial charge in [0, 0.05) is 38.4 Å². The Balaban J connectivity index is 1.92. The molecule has 0 saturated carbocycles. The topological polar surface area (TPSA) is 88.5 Å². The number of amides is 1. The summed E-state index contributed by atoms with van der Waals surface area (Å²) in [5.74, 6) is 0.470. The molecule has 6 heteroatoms. The Hall–Kier alpha value is -1.66. The average molecular weight is 291 g/mol. The summed E-state index contributed by atoms with van der Waals surface area (Å²) >= 11 is 0. The molecule has 1 amide bonds. The van der Waals surface area contributed by atoms with Crippen LogP contribution in [0.2, 0.25) is 0 Å². The summed E-state index contributed by atoms with van der Waals surface area (Å²) in [7, 11) is 0. The molecule has 116 valence electrons. The summed E-state index contributed by atoms with van der Waals surface area (Å²) in [5, 5.41) is 0. The molecule has 1 aromatic rings. The summed E-state index contributed by atoms with van der Waals surface area (Å²) in [5.41, 5.74) is 11.4. The summed E-state index contributed by atoms with van der Waals surface area (Å²) in [6.07, 6.45) is 3.75. The first-order chi connectivity index (χ1) is 10.2. The fourth-order valence-electron chi connectivity index (χ4n) is 2.87. The molecule has 2 heterocycles. The van der Waals surface area contributed by atoms with Gasteiger partial charge in [-0.05, 0) is 31.5 Å². The van der Waals surface area contributed by atoms with E-state index in [0.29, 0.717) is 11.6 Å². The van der Waals surface area contributed by atoms with Crippen molar-refractivity contribution in [1.29, 1.82) is 0 Å². The van der Waals surface area contributed by atoms with E-state index in [4.69, 9.17) is 11.5 Å². The zero-order valence-electron chi connectivity index (χ0n) is 12.7. The largest absolute Gasteiger partial charge is 0.366 e. The summed E-state index contributed by atoms with van der Waals surface area (Å²) in [4.78, 5) is 20.2. The van der Waals surface area contributed by atoms with Crippen molar-refractivity contribution in [1.82, 2.24) is 9.88 Å². The number of aromatic nitrogens is 1. The molecule has 0 aliphatic carbocycles. The van der Waals surface area contributed by atoms with Gasteiger partial charge in [0.05, 0.1) is 5.56 Å². The van der Waals surface area contributed by atoms with Crippen LogP contribution in [0.4, 0.5) is 5.82 Å². The molecule has 1 aliphatic heterocycles. The molecule has 6 nitrogen and oxygen atoms in total. The maximum Gasteiger partial charge on any atom is 0.250 e. The fraction of sp³-hybridized carbons (Fsp3) is 0.600. The standard InChI is InChI=1S/C15H25N5O/c1-2-13(5-6-16)19-7-9-20(10-8-19)14-4-3-12(11-18-14)15(17)21/h3-4,11,13H,2,5-10,16H2,1H3,(H2,17,21). The summed E-state index contributed by atoms with van der Waals surface area (Å²) < 4.78 is 0. The van der Waals surface area contributed by atoms with Gasteiger partial charge in [-0.1, -0.05) is 6.92 Å². The molecule has 1 aliphatic rings. The highest BCUT2D eigenvalue weighted by molar-refractivity contribution is 5.92. The predicted octanol–water partition coefficient (Wildman–Crippen LogP) is 0.430. The third-order valence-corrected chi connectivity index (χ3v) is 4.16. The highest BCUT2D eigenvalue weighted by Gasteiger charge is 2.22. The van der Waals surface area contributed by atoms with Crippen molar-refractivity contribution in [3.63, 3.8) is 0 Å². The lowest BCUT2D eigenvalue weighted by Crippen LogP contribution is -2.50. The van der Waals surface area contributed by atoms with E-state index < -0.39 is 5.91 Å². The minimum absolute atomic E-state index is 0.438. The van der Waals surface area contributed by atoms with Crippen molar-refractivity contribution in [2.24, 2.45) is 11.5 Å². The van der Waals surface area contributed by atoms with Crippen molar-refractivity contribution >= 4 is 11.7 Å². The number of hydrogen-bond acceptors (Lipinski definition) is 5. The van der Waals surface area contributed by atoms with Crippen LogP contribution in [-0.4, -0.2) is 54.6 Å². The van der Waals surface area contributed by atoms with E-state index in [0.717, 1.165) is 51.4 Å². The first-order valence-corrected chi connectivity index (χ1v) is 7.60. The van der Waals surface area contributed by atoms with Crippen molar-refractivity contribution in [3.8, 4) is 0 Å². The van der Waals surface area contributed by atoms with E-state index in [1.54, 1.807) is 12.3 Å². The minimum atomic E-state index is -0.438. The number of rotatable bonds is 6. The molecule has 1 aromatic heterocycles. The Kier molecular flexibility index (Phi) is 5.52. The van der Waals surface area contributed by atoms with E-state index in [-0.39, 0.29) is 0 Å². The maximum absolute atomic E-state index is 11.1. The van der Waals surface area contributed by atoms with E-state index in [2.05, 4.69) is 21.7 Å². The van der Waals surface area contributed by atoms with Crippen molar-refractivity contribution in [2.75, 3.05) is 37.6 Å². The van der Waals surface area contributed by atoms with Gasteiger partial charge in [-0.15, -0.1) is 0 Å². The van der Waals surface area contributed by atoms with Gasteiger partial charge in [-0.2, -0.15) is 0 Å². The van der Waals surface area contributed by atoms with Crippen LogP contribution < -0.4 is 16.4 Å². The number of anilines is 1. The van der Waals surface area contributed by atoms with Crippen LogP contribution in [0, 0.1) is 0 Å². The second-order valence-electron chi connectivity index (χ2n) is 5.43. The van der Waals surface area contributed by atoms with Gasteiger partial charge in [0.25, 0.3) is 0 Å². The van der Waals surface area contributed by atoms with E-state index >= 15 is 0 Å². The molecule has 1 fully saturated rings. The first-order valence-electron chi connectivity index (χ1n) is 7.60. The zero-order valence-corrected chi connectivity index (χ0v) is 12.7. The second kappa shape index (κ2) is 7.38. The van der Waals surface area contributed by atoms with Gasteiger partial charge in [0.1, 0.15) is 5.82 Å². The van der Waals surface area contributed by atoms with Gasteiger partial charge >= 0.3 is 0 Å². The average Bonchev–Trinajstić information content (AvgIpc) is 2.53. The van der Waals surface area contributed by atoms with Gasteiger partial charge in [0.2, 0.25) is 5.91 Å². The molecular formula is C15H25N5O. The summed E-state index contributed by atoms with van der Waals surface area (Å²) in [6.45, 7) is 6.91. The van der Waals surface area contributed by atoms with Crippen LogP contribution in [0.5, 0.6) is 0 Å². The van der Waals surface area contributed by atoms with Crippen LogP contribution in [0.15, 0.2) is 18.3 Å². The maximum atomic E-state index is 11.1. The lowest BCUT2D eigenvalue weighted by Gasteiger charge is -2.39. The summed E-state index contributed by atoms with van der Waals surface area (Å²) in [6, 6.07) is 4.19. The molecular weight excluding hydrogens is 266 g/mol. The van der Waals surface area contributed by atoms with Crippen LogP contribution in [0.1, 0.15) is 30.1 Å². The SMILES string of the molecule is CCC(CCN)N1CCN(c2ccc(C(N)=O)cn2)CC1. The predicted molar refractivity (Wildman–Crippen MR) is 84.3 cm³/mol. The quantitative estimate of drug-likeness (QED) is 0.793. The molecule has 1 atom stereocenters. The lowest BCUT2D eigenvalue weighted by molar-refractivity contribution is 0.1000. The van der Waals surface area contributed by atoms with Crippen LogP contribution in [0.25, 0.3) is 0 Å². The molecule has 0 radical (unpaired) electrons. The molecule has 21 heavy (non-hydrogen) atoms. The van der Waals surface area contributed by atoms with Crippen LogP contribution in [-0.2, 0) is 0 Å². The molecule has 0 aromatic carbocycles. The molecule has 0 spiro atoms. The minimum Gasteiger partial charge on any atom is -0.366 e. The highest BCUT2D eigenvalue weighted by Crippen LogP contribution is 2.17. The lowest BCUT2D eigenvalue weighted by atomic mass is 10.1. The number of pyridine rings is 1. The molecule has 1 saturated heterocycles. The van der Waals surface area contributed by atoms with Gasteiger partial charge < -0.3 is 16.4 Å². The normalized spacial score (nSPS) is 17.7. The van der Waals surface area contributed by atoms with Crippen molar-refractivity contribution in [3.05, 3.63) is 23.9 Å². The smallest absolute Gasteiger partial charge is 0.250 e. The van der Waals surface area contributed by atoms with Crippen molar-refractivity contribution < 1.29 is 4.79 Å². The van der Waals surface area contributed by atoms with Crippen LogP contribution >= 0.6 is 0 Å². The van der Waals surface area contributed by atoms with Crippen molar-refractivity contribution in [2.45, 2.75) is 25.8 Å². The number of nitrogens with two attached hydrogens (primary N) is 2. The van der Waals surface area contributed by atoms with E-state index in [1.807, 2.05) is 6.07 Å². The first kappa shape index (κ1) is 15.7. The number of piperazine rings is 1. The Morgan fingerprint density at radius 1 is 1.33 bits per heavy atom. The third kappa shape index (κ3) is 3.92. The van der Waals surface area contributed by atoms with Gasteiger partial charge in [-0.3, -0.25) is 9.69 Å². The number of carbonyl (C=O) groups is 1. The van der Waals surface area contributed by atoms with E-state index in [1.165, 1.54) is 0 Å². The molecule has 1 unspecified atom stereocenters. The number of hydrogen-bond donors (Lipinski definition) is 2. The third-order valence-electron chi connectivity index (χ3n) is 4.16. The Labute approximate surface area is 126 Å². The fourth-order valence-corrected chi connectivity index (χ4v) is 2.87. The zero-order chi connectivity index (χ0) is 15.2. The van der Waals surface area contributed by atoms with Crippen LogP contribution in [0.3, 0.4) is 0 Å². The number of primary amides is 1. The highest BCUT2D eigenvalue weighted by atomic mass is 16.1.